The van der Waals surface area contributed by atoms with Crippen LogP contribution in [-0.2, 0) is 0 Å². The molecule has 2 aromatic carbocycles. The van der Waals surface area contributed by atoms with Gasteiger partial charge in [-0.05, 0) is 23.8 Å². The summed E-state index contributed by atoms with van der Waals surface area (Å²) in [5.41, 5.74) is 1.67. The van der Waals surface area contributed by atoms with Crippen LogP contribution in [0.15, 0.2) is 59.4 Å². The van der Waals surface area contributed by atoms with Gasteiger partial charge in [0.05, 0.1) is 11.6 Å². The minimum atomic E-state index is -0.110. The summed E-state index contributed by atoms with van der Waals surface area (Å²) in [4.78, 5) is 13.4. The topological polar surface area (TPSA) is 56.5 Å². The van der Waals surface area contributed by atoms with E-state index in [4.69, 9.17) is 4.74 Å². The zero-order valence-electron chi connectivity index (χ0n) is 12.8. The van der Waals surface area contributed by atoms with Gasteiger partial charge >= 0.3 is 0 Å². The van der Waals surface area contributed by atoms with Crippen LogP contribution in [0, 0.1) is 0 Å². The molecule has 118 valence electrons. The van der Waals surface area contributed by atoms with Crippen molar-refractivity contribution in [2.75, 3.05) is 7.11 Å². The highest BCUT2D eigenvalue weighted by Crippen LogP contribution is 2.17. The highest BCUT2D eigenvalue weighted by Gasteiger charge is 2.13. The normalized spacial score (nSPS) is 12.0. The molecule has 0 saturated carbocycles. The molecule has 0 N–H and O–H groups in total. The molecule has 5 nitrogen and oxygen atoms in total. The van der Waals surface area contributed by atoms with Gasteiger partial charge in [-0.25, -0.2) is 4.40 Å². The maximum absolute atomic E-state index is 12.8. The van der Waals surface area contributed by atoms with Crippen LogP contribution in [0.1, 0.15) is 5.56 Å². The third-order valence-electron chi connectivity index (χ3n) is 3.67. The fraction of sp³-hybridized carbons (Fsp3) is 0.0556. The Morgan fingerprint density at radius 1 is 1.08 bits per heavy atom. The number of rotatable bonds is 3. The minimum Gasteiger partial charge on any atom is -0.497 e. The third kappa shape index (κ3) is 2.47. The standard InChI is InChI=1S/C18H13N3O2S/c1-23-14-9-5-6-12(10-14)11-15-17(22)21-16(19-20-18(21)24-15)13-7-3-2-4-8-13/h2-11H,1H3/b15-11+. The summed E-state index contributed by atoms with van der Waals surface area (Å²) in [6, 6.07) is 17.2. The molecule has 0 atom stereocenters. The molecule has 0 radical (unpaired) electrons. The largest absolute Gasteiger partial charge is 0.497 e. The van der Waals surface area contributed by atoms with E-state index in [1.807, 2.05) is 60.7 Å². The molecule has 0 amide bonds. The maximum Gasteiger partial charge on any atom is 0.276 e. The molecule has 0 saturated heterocycles. The fourth-order valence-electron chi connectivity index (χ4n) is 2.52. The van der Waals surface area contributed by atoms with Crippen molar-refractivity contribution < 1.29 is 4.74 Å². The number of nitrogens with zero attached hydrogens (tertiary/aromatic N) is 3. The third-order valence-corrected chi connectivity index (χ3v) is 4.63. The van der Waals surface area contributed by atoms with Crippen molar-refractivity contribution >= 4 is 22.4 Å². The molecule has 0 aliphatic carbocycles. The first-order valence-corrected chi connectivity index (χ1v) is 8.17. The van der Waals surface area contributed by atoms with Crippen LogP contribution in [-0.4, -0.2) is 21.7 Å². The summed E-state index contributed by atoms with van der Waals surface area (Å²) in [6.45, 7) is 0. The van der Waals surface area contributed by atoms with Crippen molar-refractivity contribution in [1.29, 1.82) is 0 Å². The van der Waals surface area contributed by atoms with E-state index in [0.29, 0.717) is 15.3 Å². The van der Waals surface area contributed by atoms with E-state index >= 15 is 0 Å². The smallest absolute Gasteiger partial charge is 0.276 e. The summed E-state index contributed by atoms with van der Waals surface area (Å²) in [5, 5.41) is 8.29. The number of methoxy groups -OCH3 is 1. The minimum absolute atomic E-state index is 0.110. The fourth-order valence-corrected chi connectivity index (χ4v) is 3.43. The second kappa shape index (κ2) is 5.90. The molecule has 4 aromatic rings. The van der Waals surface area contributed by atoms with Crippen LogP contribution in [0.3, 0.4) is 0 Å². The van der Waals surface area contributed by atoms with Crippen molar-refractivity contribution in [2.24, 2.45) is 0 Å². The van der Waals surface area contributed by atoms with E-state index in [2.05, 4.69) is 10.2 Å². The van der Waals surface area contributed by atoms with Gasteiger partial charge in [-0.15, -0.1) is 10.2 Å². The second-order valence-corrected chi connectivity index (χ2v) is 6.21. The lowest BCUT2D eigenvalue weighted by atomic mass is 10.2. The van der Waals surface area contributed by atoms with Crippen LogP contribution in [0.4, 0.5) is 0 Å². The van der Waals surface area contributed by atoms with Gasteiger partial charge in [0.1, 0.15) is 5.75 Å². The van der Waals surface area contributed by atoms with Crippen LogP contribution in [0.5, 0.6) is 5.75 Å². The summed E-state index contributed by atoms with van der Waals surface area (Å²) < 4.78 is 7.40. The molecule has 4 rings (SSSR count). The Morgan fingerprint density at radius 3 is 2.71 bits per heavy atom. The molecule has 0 fully saturated rings. The molecule has 2 aromatic heterocycles. The lowest BCUT2D eigenvalue weighted by Gasteiger charge is -1.99. The summed E-state index contributed by atoms with van der Waals surface area (Å²) in [5.74, 6) is 1.32. The molecule has 0 aliphatic heterocycles. The van der Waals surface area contributed by atoms with Gasteiger partial charge < -0.3 is 4.74 Å². The van der Waals surface area contributed by atoms with E-state index < -0.39 is 0 Å². The van der Waals surface area contributed by atoms with Crippen molar-refractivity contribution in [3.8, 4) is 17.1 Å². The highest BCUT2D eigenvalue weighted by atomic mass is 32.1. The predicted molar refractivity (Wildman–Crippen MR) is 94.3 cm³/mol. The van der Waals surface area contributed by atoms with Crippen molar-refractivity contribution in [1.82, 2.24) is 14.6 Å². The van der Waals surface area contributed by atoms with Gasteiger partial charge in [0.2, 0.25) is 4.96 Å². The molecule has 6 heteroatoms. The Hall–Kier alpha value is -2.99. The molecular weight excluding hydrogens is 322 g/mol. The van der Waals surface area contributed by atoms with Crippen LogP contribution < -0.4 is 14.8 Å². The van der Waals surface area contributed by atoms with Crippen molar-refractivity contribution in [3.63, 3.8) is 0 Å². The van der Waals surface area contributed by atoms with E-state index in [-0.39, 0.29) is 5.56 Å². The van der Waals surface area contributed by atoms with Crippen LogP contribution in [0.25, 0.3) is 22.4 Å². The number of thiazole rings is 1. The molecular formula is C18H13N3O2S. The van der Waals surface area contributed by atoms with E-state index in [0.717, 1.165) is 16.9 Å². The number of ether oxygens (including phenoxy) is 1. The average Bonchev–Trinajstić information content (AvgIpc) is 3.17. The van der Waals surface area contributed by atoms with E-state index in [1.54, 1.807) is 11.5 Å². The molecule has 2 heterocycles. The Labute approximate surface area is 141 Å². The van der Waals surface area contributed by atoms with Gasteiger partial charge in [0.15, 0.2) is 5.82 Å². The second-order valence-electron chi connectivity index (χ2n) is 5.20. The number of hydrogen-bond donors (Lipinski definition) is 0. The SMILES string of the molecule is COc1cccc(/C=c2/sc3nnc(-c4ccccc4)n3c2=O)c1. The number of aromatic nitrogens is 3. The van der Waals surface area contributed by atoms with Gasteiger partial charge in [-0.1, -0.05) is 53.8 Å². The number of fused-ring (bicyclic) bond motifs is 1. The quantitative estimate of drug-likeness (QED) is 0.577. The Morgan fingerprint density at radius 2 is 1.92 bits per heavy atom. The lowest BCUT2D eigenvalue weighted by Crippen LogP contribution is -2.23. The molecule has 0 unspecified atom stereocenters. The Balaban J connectivity index is 1.90. The predicted octanol–water partition coefficient (Wildman–Crippen LogP) is 2.37. The van der Waals surface area contributed by atoms with Crippen molar-refractivity contribution in [3.05, 3.63) is 75.0 Å². The number of benzene rings is 2. The van der Waals surface area contributed by atoms with E-state index in [1.165, 1.54) is 11.3 Å². The Kier molecular flexibility index (Phi) is 3.59. The summed E-state index contributed by atoms with van der Waals surface area (Å²) >= 11 is 1.33. The zero-order chi connectivity index (χ0) is 16.5. The first-order chi connectivity index (χ1) is 11.8. The first kappa shape index (κ1) is 14.6. The van der Waals surface area contributed by atoms with Crippen LogP contribution >= 0.6 is 11.3 Å². The Bertz CT molecular complexity index is 1120. The monoisotopic (exact) mass is 335 g/mol. The zero-order valence-corrected chi connectivity index (χ0v) is 13.7. The van der Waals surface area contributed by atoms with E-state index in [9.17, 15) is 4.79 Å². The summed E-state index contributed by atoms with van der Waals surface area (Å²) in [7, 11) is 1.62. The van der Waals surface area contributed by atoms with Crippen LogP contribution in [0.2, 0.25) is 0 Å². The lowest BCUT2D eigenvalue weighted by molar-refractivity contribution is 0.414. The van der Waals surface area contributed by atoms with Gasteiger partial charge in [0.25, 0.3) is 5.56 Å². The molecule has 0 bridgehead atoms. The summed E-state index contributed by atoms with van der Waals surface area (Å²) in [6.07, 6.45) is 1.85. The number of hydrogen-bond acceptors (Lipinski definition) is 5. The van der Waals surface area contributed by atoms with Gasteiger partial charge in [-0.3, -0.25) is 4.79 Å². The van der Waals surface area contributed by atoms with Gasteiger partial charge in [0, 0.05) is 5.56 Å². The molecule has 0 spiro atoms. The van der Waals surface area contributed by atoms with Crippen molar-refractivity contribution in [2.45, 2.75) is 0 Å². The highest BCUT2D eigenvalue weighted by molar-refractivity contribution is 7.15. The first-order valence-electron chi connectivity index (χ1n) is 7.35. The average molecular weight is 335 g/mol. The molecule has 0 aliphatic rings. The molecule has 24 heavy (non-hydrogen) atoms. The maximum atomic E-state index is 12.8. The van der Waals surface area contributed by atoms with Gasteiger partial charge in [-0.2, -0.15) is 0 Å².